The predicted molar refractivity (Wildman–Crippen MR) is 77.1 cm³/mol. The van der Waals surface area contributed by atoms with Crippen LogP contribution >= 0.6 is 0 Å². The maximum atomic E-state index is 6.27. The fourth-order valence-electron chi connectivity index (χ4n) is 3.03. The predicted octanol–water partition coefficient (Wildman–Crippen LogP) is 2.31. The third-order valence-electron chi connectivity index (χ3n) is 4.26. The second-order valence-electron chi connectivity index (χ2n) is 5.82. The van der Waals surface area contributed by atoms with E-state index in [1.807, 2.05) is 0 Å². The molecule has 2 aliphatic rings. The molecule has 3 rings (SSSR count). The maximum Gasteiger partial charge on any atom is 0.123 e. The van der Waals surface area contributed by atoms with E-state index in [9.17, 15) is 0 Å². The van der Waals surface area contributed by atoms with Gasteiger partial charge in [0, 0.05) is 13.1 Å². The standard InChI is InChI=1S/C16H23N2O/c1-17-9-6-14(7-10-17)19-16-5-3-4-13-12-18(2)11-8-15(13)16/h3-5,14H,2,6-12H2,1H3/q-1. The number of rotatable bonds is 2. The zero-order valence-corrected chi connectivity index (χ0v) is 11.8. The van der Waals surface area contributed by atoms with Crippen molar-refractivity contribution in [1.82, 2.24) is 9.80 Å². The van der Waals surface area contributed by atoms with Gasteiger partial charge in [-0.05, 0) is 56.6 Å². The molecule has 0 spiro atoms. The van der Waals surface area contributed by atoms with Crippen LogP contribution in [0.25, 0.3) is 0 Å². The quantitative estimate of drug-likeness (QED) is 0.758. The highest BCUT2D eigenvalue weighted by molar-refractivity contribution is 5.42. The van der Waals surface area contributed by atoms with Gasteiger partial charge in [0.25, 0.3) is 0 Å². The Balaban J connectivity index is 1.73. The normalized spacial score (nSPS) is 22.2. The number of nitrogens with zero attached hydrogens (tertiary/aromatic N) is 2. The van der Waals surface area contributed by atoms with Crippen LogP contribution in [0.4, 0.5) is 0 Å². The fraction of sp³-hybridized carbons (Fsp3) is 0.562. The fourth-order valence-corrected chi connectivity index (χ4v) is 3.03. The van der Waals surface area contributed by atoms with Crippen LogP contribution in [0.3, 0.4) is 0 Å². The highest BCUT2D eigenvalue weighted by atomic mass is 16.5. The number of hydrogen-bond acceptors (Lipinski definition) is 3. The Morgan fingerprint density at radius 1 is 1.21 bits per heavy atom. The number of ether oxygens (including phenoxy) is 1. The second kappa shape index (κ2) is 5.51. The maximum absolute atomic E-state index is 6.27. The van der Waals surface area contributed by atoms with Gasteiger partial charge in [-0.3, -0.25) is 7.05 Å². The topological polar surface area (TPSA) is 15.7 Å². The number of hydrogen-bond donors (Lipinski definition) is 0. The van der Waals surface area contributed by atoms with Crippen LogP contribution in [0.5, 0.6) is 5.75 Å². The van der Waals surface area contributed by atoms with Gasteiger partial charge in [0.1, 0.15) is 11.9 Å². The Kier molecular flexibility index (Phi) is 3.76. The Bertz CT molecular complexity index is 438. The van der Waals surface area contributed by atoms with Gasteiger partial charge in [-0.2, -0.15) is 0 Å². The van der Waals surface area contributed by atoms with E-state index >= 15 is 0 Å². The minimum Gasteiger partial charge on any atom is -0.490 e. The summed E-state index contributed by atoms with van der Waals surface area (Å²) in [4.78, 5) is 4.50. The van der Waals surface area contributed by atoms with E-state index in [4.69, 9.17) is 4.74 Å². The molecule has 0 aliphatic carbocycles. The average molecular weight is 259 g/mol. The van der Waals surface area contributed by atoms with Crippen LogP contribution in [0.15, 0.2) is 18.2 Å². The molecule has 0 amide bonds. The van der Waals surface area contributed by atoms with Crippen molar-refractivity contribution in [1.29, 1.82) is 0 Å². The minimum absolute atomic E-state index is 0.389. The summed E-state index contributed by atoms with van der Waals surface area (Å²) >= 11 is 0. The molecule has 0 N–H and O–H groups in total. The van der Waals surface area contributed by atoms with Gasteiger partial charge in [0.15, 0.2) is 0 Å². The molecule has 104 valence electrons. The van der Waals surface area contributed by atoms with Crippen molar-refractivity contribution >= 4 is 0 Å². The van der Waals surface area contributed by atoms with Crippen LogP contribution < -0.4 is 4.74 Å². The van der Waals surface area contributed by atoms with Gasteiger partial charge < -0.3 is 14.5 Å². The van der Waals surface area contributed by atoms with Gasteiger partial charge in [-0.25, -0.2) is 0 Å². The Morgan fingerprint density at radius 3 is 2.79 bits per heavy atom. The summed E-state index contributed by atoms with van der Waals surface area (Å²) < 4.78 is 6.27. The van der Waals surface area contributed by atoms with E-state index in [0.717, 1.165) is 51.2 Å². The number of likely N-dealkylation sites (tertiary alicyclic amines) is 1. The molecule has 0 radical (unpaired) electrons. The van der Waals surface area contributed by atoms with E-state index in [1.165, 1.54) is 11.1 Å². The first kappa shape index (κ1) is 12.9. The SMILES string of the molecule is [CH2-]N1CCc2c(cccc2OC2CCN(C)CC2)C1. The second-order valence-corrected chi connectivity index (χ2v) is 5.82. The first-order chi connectivity index (χ1) is 9.22. The van der Waals surface area contributed by atoms with Crippen molar-refractivity contribution in [3.63, 3.8) is 0 Å². The largest absolute Gasteiger partial charge is 0.490 e. The summed E-state index contributed by atoms with van der Waals surface area (Å²) in [7, 11) is 6.22. The van der Waals surface area contributed by atoms with Crippen LogP contribution in [-0.4, -0.2) is 42.6 Å². The van der Waals surface area contributed by atoms with E-state index < -0.39 is 0 Å². The third-order valence-corrected chi connectivity index (χ3v) is 4.26. The zero-order chi connectivity index (χ0) is 13.2. The first-order valence-electron chi connectivity index (χ1n) is 7.24. The molecule has 0 aromatic heterocycles. The number of fused-ring (bicyclic) bond motifs is 1. The lowest BCUT2D eigenvalue weighted by Gasteiger charge is -2.34. The molecule has 0 atom stereocenters. The summed E-state index contributed by atoms with van der Waals surface area (Å²) in [6, 6.07) is 6.45. The van der Waals surface area contributed by atoms with Crippen LogP contribution in [0.2, 0.25) is 0 Å². The lowest BCUT2D eigenvalue weighted by molar-refractivity contribution is 0.112. The molecule has 3 nitrogen and oxygen atoms in total. The summed E-state index contributed by atoms with van der Waals surface area (Å²) in [5, 5.41) is 0. The molecular formula is C16H23N2O-. The van der Waals surface area contributed by atoms with E-state index in [1.54, 1.807) is 0 Å². The lowest BCUT2D eigenvalue weighted by atomic mass is 9.99. The van der Waals surface area contributed by atoms with E-state index in [0.29, 0.717) is 6.10 Å². The molecule has 0 saturated carbocycles. The minimum atomic E-state index is 0.389. The highest BCUT2D eigenvalue weighted by Crippen LogP contribution is 2.29. The molecular weight excluding hydrogens is 236 g/mol. The molecule has 3 heteroatoms. The van der Waals surface area contributed by atoms with Gasteiger partial charge in [0.05, 0.1) is 0 Å². The highest BCUT2D eigenvalue weighted by Gasteiger charge is 2.21. The summed E-state index contributed by atoms with van der Waals surface area (Å²) in [6.45, 7) is 4.26. The molecule has 1 fully saturated rings. The molecule has 2 aliphatic heterocycles. The van der Waals surface area contributed by atoms with Crippen LogP contribution in [0.1, 0.15) is 24.0 Å². The summed E-state index contributed by atoms with van der Waals surface area (Å²) in [6.07, 6.45) is 3.73. The van der Waals surface area contributed by atoms with Crippen molar-refractivity contribution in [2.24, 2.45) is 0 Å². The smallest absolute Gasteiger partial charge is 0.123 e. The Morgan fingerprint density at radius 2 is 2.00 bits per heavy atom. The van der Waals surface area contributed by atoms with Crippen molar-refractivity contribution in [2.45, 2.75) is 31.9 Å². The molecule has 1 aromatic carbocycles. The molecule has 1 saturated heterocycles. The van der Waals surface area contributed by atoms with E-state index in [-0.39, 0.29) is 0 Å². The molecule has 2 heterocycles. The Hall–Kier alpha value is -1.06. The van der Waals surface area contributed by atoms with Gasteiger partial charge >= 0.3 is 0 Å². The molecule has 1 aromatic rings. The molecule has 19 heavy (non-hydrogen) atoms. The summed E-state index contributed by atoms with van der Waals surface area (Å²) in [5.41, 5.74) is 2.79. The van der Waals surface area contributed by atoms with Gasteiger partial charge in [-0.15, -0.1) is 0 Å². The summed E-state index contributed by atoms with van der Waals surface area (Å²) in [5.74, 6) is 1.11. The monoisotopic (exact) mass is 259 g/mol. The van der Waals surface area contributed by atoms with E-state index in [2.05, 4.69) is 42.1 Å². The Labute approximate surface area is 116 Å². The number of benzene rings is 1. The van der Waals surface area contributed by atoms with Crippen LogP contribution in [0, 0.1) is 7.05 Å². The molecule has 0 bridgehead atoms. The van der Waals surface area contributed by atoms with Crippen molar-refractivity contribution < 1.29 is 4.74 Å². The third kappa shape index (κ3) is 2.93. The lowest BCUT2D eigenvalue weighted by Crippen LogP contribution is -2.36. The van der Waals surface area contributed by atoms with Crippen molar-refractivity contribution in [3.8, 4) is 5.75 Å². The van der Waals surface area contributed by atoms with Crippen LogP contribution in [-0.2, 0) is 13.0 Å². The molecule has 0 unspecified atom stereocenters. The van der Waals surface area contributed by atoms with Gasteiger partial charge in [0.2, 0.25) is 0 Å². The van der Waals surface area contributed by atoms with Gasteiger partial charge in [-0.1, -0.05) is 12.1 Å². The van der Waals surface area contributed by atoms with Crippen molar-refractivity contribution in [3.05, 3.63) is 36.4 Å². The zero-order valence-electron chi connectivity index (χ0n) is 11.8. The van der Waals surface area contributed by atoms with Crippen molar-refractivity contribution in [2.75, 3.05) is 26.7 Å². The average Bonchev–Trinajstić information content (AvgIpc) is 2.41. The first-order valence-corrected chi connectivity index (χ1v) is 7.24. The number of piperidine rings is 1.